The van der Waals surface area contributed by atoms with Gasteiger partial charge in [-0.25, -0.2) is 4.98 Å². The zero-order valence-corrected chi connectivity index (χ0v) is 14.3. The summed E-state index contributed by atoms with van der Waals surface area (Å²) in [6.45, 7) is 2.53. The summed E-state index contributed by atoms with van der Waals surface area (Å²) in [6.07, 6.45) is 9.01. The number of nitrogens with one attached hydrogen (secondary N) is 1. The fourth-order valence-corrected chi connectivity index (χ4v) is 2.32. The average Bonchev–Trinajstić information content (AvgIpc) is 3.23. The molecule has 0 aliphatic carbocycles. The van der Waals surface area contributed by atoms with Crippen LogP contribution in [0.1, 0.15) is 16.8 Å². The maximum atomic E-state index is 11.8. The molecule has 3 aromatic rings. The van der Waals surface area contributed by atoms with Crippen LogP contribution < -0.4 is 5.32 Å². The van der Waals surface area contributed by atoms with Crippen LogP contribution in [0.5, 0.6) is 0 Å². The number of rotatable bonds is 6. The molecule has 0 atom stereocenters. The molecule has 6 heteroatoms. The van der Waals surface area contributed by atoms with Crippen molar-refractivity contribution in [3.8, 4) is 11.5 Å². The lowest BCUT2D eigenvalue weighted by atomic mass is 10.1. The van der Waals surface area contributed by atoms with Crippen LogP contribution in [0, 0.1) is 6.92 Å². The van der Waals surface area contributed by atoms with E-state index in [2.05, 4.69) is 15.4 Å². The van der Waals surface area contributed by atoms with E-state index >= 15 is 0 Å². The SMILES string of the molecule is Cc1ccc(-c2nc(CCNC(=O)C=Cc3cnn(C)c3)co2)cc1. The van der Waals surface area contributed by atoms with Crippen LogP contribution in [0.2, 0.25) is 0 Å². The fraction of sp³-hybridized carbons (Fsp3) is 0.211. The van der Waals surface area contributed by atoms with Crippen molar-refractivity contribution in [2.75, 3.05) is 6.54 Å². The highest BCUT2D eigenvalue weighted by molar-refractivity contribution is 5.91. The van der Waals surface area contributed by atoms with Crippen molar-refractivity contribution >= 4 is 12.0 Å². The van der Waals surface area contributed by atoms with Gasteiger partial charge in [-0.05, 0) is 25.1 Å². The first-order chi connectivity index (χ1) is 12.1. The minimum atomic E-state index is -0.147. The van der Waals surface area contributed by atoms with Crippen molar-refractivity contribution in [1.82, 2.24) is 20.1 Å². The van der Waals surface area contributed by atoms with Gasteiger partial charge in [-0.3, -0.25) is 9.48 Å². The van der Waals surface area contributed by atoms with Gasteiger partial charge in [0.2, 0.25) is 11.8 Å². The molecule has 0 bridgehead atoms. The molecule has 1 amide bonds. The topological polar surface area (TPSA) is 73.0 Å². The van der Waals surface area contributed by atoms with Gasteiger partial charge < -0.3 is 9.73 Å². The van der Waals surface area contributed by atoms with Crippen molar-refractivity contribution in [1.29, 1.82) is 0 Å². The summed E-state index contributed by atoms with van der Waals surface area (Å²) >= 11 is 0. The van der Waals surface area contributed by atoms with Crippen LogP contribution in [0.4, 0.5) is 0 Å². The molecule has 0 unspecified atom stereocenters. The maximum Gasteiger partial charge on any atom is 0.244 e. The molecule has 0 radical (unpaired) electrons. The van der Waals surface area contributed by atoms with Gasteiger partial charge in [-0.2, -0.15) is 5.10 Å². The molecule has 3 rings (SSSR count). The Hall–Kier alpha value is -3.15. The first-order valence-corrected chi connectivity index (χ1v) is 8.06. The highest BCUT2D eigenvalue weighted by Crippen LogP contribution is 2.19. The van der Waals surface area contributed by atoms with E-state index in [1.54, 1.807) is 23.2 Å². The Labute approximate surface area is 146 Å². The van der Waals surface area contributed by atoms with Gasteiger partial charge in [0.05, 0.1) is 11.9 Å². The molecule has 1 N–H and O–H groups in total. The summed E-state index contributed by atoms with van der Waals surface area (Å²) in [4.78, 5) is 16.3. The average molecular weight is 336 g/mol. The van der Waals surface area contributed by atoms with Crippen molar-refractivity contribution in [2.45, 2.75) is 13.3 Å². The smallest absolute Gasteiger partial charge is 0.244 e. The maximum absolute atomic E-state index is 11.8. The van der Waals surface area contributed by atoms with Crippen molar-refractivity contribution in [2.24, 2.45) is 7.05 Å². The van der Waals surface area contributed by atoms with Gasteiger partial charge in [0.15, 0.2) is 0 Å². The van der Waals surface area contributed by atoms with E-state index < -0.39 is 0 Å². The monoisotopic (exact) mass is 336 g/mol. The Morgan fingerprint density at radius 2 is 2.12 bits per heavy atom. The highest BCUT2D eigenvalue weighted by atomic mass is 16.3. The third kappa shape index (κ3) is 4.67. The summed E-state index contributed by atoms with van der Waals surface area (Å²) in [5, 5.41) is 6.87. The molecule has 25 heavy (non-hydrogen) atoms. The number of hydrogen-bond donors (Lipinski definition) is 1. The number of aryl methyl sites for hydroxylation is 2. The summed E-state index contributed by atoms with van der Waals surface area (Å²) in [7, 11) is 1.83. The van der Waals surface area contributed by atoms with Crippen LogP contribution in [0.25, 0.3) is 17.5 Å². The molecular weight excluding hydrogens is 316 g/mol. The number of oxazole rings is 1. The molecule has 0 aliphatic heterocycles. The normalized spacial score (nSPS) is 11.1. The highest BCUT2D eigenvalue weighted by Gasteiger charge is 2.06. The molecule has 0 aliphatic rings. The van der Waals surface area contributed by atoms with Crippen LogP contribution in [-0.2, 0) is 18.3 Å². The van der Waals surface area contributed by atoms with Crippen LogP contribution in [0.3, 0.4) is 0 Å². The Bertz CT molecular complexity index is 875. The Morgan fingerprint density at radius 3 is 2.84 bits per heavy atom. The minimum absolute atomic E-state index is 0.147. The predicted octanol–water partition coefficient (Wildman–Crippen LogP) is 2.76. The van der Waals surface area contributed by atoms with Gasteiger partial charge in [0, 0.05) is 43.4 Å². The first kappa shape index (κ1) is 16.7. The zero-order valence-electron chi connectivity index (χ0n) is 14.3. The molecule has 2 aromatic heterocycles. The van der Waals surface area contributed by atoms with Gasteiger partial charge in [-0.15, -0.1) is 0 Å². The number of amides is 1. The van der Waals surface area contributed by atoms with Gasteiger partial charge in [0.1, 0.15) is 6.26 Å². The molecule has 0 saturated heterocycles. The third-order valence-electron chi connectivity index (χ3n) is 3.68. The Balaban J connectivity index is 1.48. The fourth-order valence-electron chi connectivity index (χ4n) is 2.32. The Kier molecular flexibility index (Phi) is 5.09. The Morgan fingerprint density at radius 1 is 1.32 bits per heavy atom. The van der Waals surface area contributed by atoms with Gasteiger partial charge in [0.25, 0.3) is 0 Å². The second kappa shape index (κ2) is 7.61. The molecular formula is C19H20N4O2. The lowest BCUT2D eigenvalue weighted by Gasteiger charge is -1.99. The van der Waals surface area contributed by atoms with Gasteiger partial charge in [-0.1, -0.05) is 17.7 Å². The van der Waals surface area contributed by atoms with E-state index in [0.29, 0.717) is 18.9 Å². The molecule has 0 fully saturated rings. The summed E-state index contributed by atoms with van der Waals surface area (Å²) in [5.41, 5.74) is 3.84. The first-order valence-electron chi connectivity index (χ1n) is 8.06. The molecule has 1 aromatic carbocycles. The largest absolute Gasteiger partial charge is 0.444 e. The van der Waals surface area contributed by atoms with Gasteiger partial charge >= 0.3 is 0 Å². The summed E-state index contributed by atoms with van der Waals surface area (Å²) < 4.78 is 7.20. The van der Waals surface area contributed by atoms with E-state index in [-0.39, 0.29) is 5.91 Å². The van der Waals surface area contributed by atoms with Crippen LogP contribution >= 0.6 is 0 Å². The number of carbonyl (C=O) groups excluding carboxylic acids is 1. The van der Waals surface area contributed by atoms with E-state index in [1.165, 1.54) is 11.6 Å². The van der Waals surface area contributed by atoms with E-state index in [4.69, 9.17) is 4.42 Å². The second-order valence-electron chi connectivity index (χ2n) is 5.83. The van der Waals surface area contributed by atoms with Crippen LogP contribution in [0.15, 0.2) is 53.4 Å². The third-order valence-corrected chi connectivity index (χ3v) is 3.68. The number of benzene rings is 1. The quantitative estimate of drug-likeness (QED) is 0.703. The van der Waals surface area contributed by atoms with E-state index in [0.717, 1.165) is 16.8 Å². The van der Waals surface area contributed by atoms with Crippen molar-refractivity contribution in [3.63, 3.8) is 0 Å². The lowest BCUT2D eigenvalue weighted by molar-refractivity contribution is -0.116. The predicted molar refractivity (Wildman–Crippen MR) is 95.6 cm³/mol. The molecule has 128 valence electrons. The van der Waals surface area contributed by atoms with Crippen molar-refractivity contribution in [3.05, 3.63) is 65.8 Å². The van der Waals surface area contributed by atoms with Crippen LogP contribution in [-0.4, -0.2) is 27.2 Å². The van der Waals surface area contributed by atoms with E-state index in [9.17, 15) is 4.79 Å². The standard InChI is InChI=1S/C19H20N4O2/c1-14-3-6-16(7-4-14)19-22-17(13-25-19)9-10-20-18(24)8-5-15-11-21-23(2)12-15/h3-8,11-13H,9-10H2,1-2H3,(H,20,24). The summed E-state index contributed by atoms with van der Waals surface area (Å²) in [5.74, 6) is 0.448. The molecule has 2 heterocycles. The van der Waals surface area contributed by atoms with E-state index in [1.807, 2.05) is 44.4 Å². The summed E-state index contributed by atoms with van der Waals surface area (Å²) in [6, 6.07) is 8.01. The number of hydrogen-bond acceptors (Lipinski definition) is 4. The molecule has 0 spiro atoms. The molecule has 6 nitrogen and oxygen atoms in total. The zero-order chi connectivity index (χ0) is 17.6. The number of nitrogens with zero attached hydrogens (tertiary/aromatic N) is 3. The number of carbonyl (C=O) groups is 1. The lowest BCUT2D eigenvalue weighted by Crippen LogP contribution is -2.23. The second-order valence-corrected chi connectivity index (χ2v) is 5.83. The minimum Gasteiger partial charge on any atom is -0.444 e. The number of aromatic nitrogens is 3. The molecule has 0 saturated carbocycles. The van der Waals surface area contributed by atoms with Crippen molar-refractivity contribution < 1.29 is 9.21 Å².